The Hall–Kier alpha value is -1.27. The number of halogens is 3. The fraction of sp³-hybridized carbons (Fsp3) is 0.600. The van der Waals surface area contributed by atoms with E-state index in [2.05, 4.69) is 4.74 Å². The molecule has 1 heterocycles. The fourth-order valence-corrected chi connectivity index (χ4v) is 2.55. The second kappa shape index (κ2) is 5.85. The van der Waals surface area contributed by atoms with Crippen molar-refractivity contribution < 1.29 is 27.8 Å². The number of hydrogen-bond donors (Lipinski definition) is 1. The number of aliphatic hydroxyl groups is 1. The lowest BCUT2D eigenvalue weighted by Crippen LogP contribution is -2.40. The highest BCUT2D eigenvalue weighted by Gasteiger charge is 2.38. The molecule has 0 bridgehead atoms. The van der Waals surface area contributed by atoms with Gasteiger partial charge >= 0.3 is 6.36 Å². The van der Waals surface area contributed by atoms with Gasteiger partial charge in [-0.2, -0.15) is 0 Å². The maximum Gasteiger partial charge on any atom is 0.573 e. The summed E-state index contributed by atoms with van der Waals surface area (Å²) in [7, 11) is 0. The second-order valence-electron chi connectivity index (χ2n) is 5.71. The summed E-state index contributed by atoms with van der Waals surface area (Å²) in [5, 5.41) is 10.8. The first-order chi connectivity index (χ1) is 9.70. The summed E-state index contributed by atoms with van der Waals surface area (Å²) in [6.45, 7) is 4.35. The Morgan fingerprint density at radius 3 is 2.71 bits per heavy atom. The minimum Gasteiger partial charge on any atom is -0.406 e. The van der Waals surface area contributed by atoms with Crippen LogP contribution in [0, 0.1) is 5.92 Å². The molecule has 0 aliphatic carbocycles. The lowest BCUT2D eigenvalue weighted by molar-refractivity contribution is -0.274. The van der Waals surface area contributed by atoms with Crippen LogP contribution < -0.4 is 4.74 Å². The maximum atomic E-state index is 12.3. The highest BCUT2D eigenvalue weighted by Crippen LogP contribution is 2.38. The minimum atomic E-state index is -4.74. The summed E-state index contributed by atoms with van der Waals surface area (Å²) >= 11 is 0. The number of benzene rings is 1. The Balaban J connectivity index is 2.22. The van der Waals surface area contributed by atoms with Crippen LogP contribution in [-0.2, 0) is 10.3 Å². The molecular formula is C15H19F3O3. The standard InChI is InChI=1S/C15H19F3O3/c1-10(2)13-9-14(19,6-7-20-13)11-4-3-5-12(8-11)21-15(16,17)18/h3-5,8,10,13,19H,6-7,9H2,1-2H3. The van der Waals surface area contributed by atoms with E-state index in [9.17, 15) is 18.3 Å². The summed E-state index contributed by atoms with van der Waals surface area (Å²) in [6.07, 6.45) is -4.14. The van der Waals surface area contributed by atoms with Gasteiger partial charge in [-0.25, -0.2) is 0 Å². The molecule has 0 radical (unpaired) electrons. The molecule has 1 saturated heterocycles. The van der Waals surface area contributed by atoms with Crippen molar-refractivity contribution in [2.24, 2.45) is 5.92 Å². The summed E-state index contributed by atoms with van der Waals surface area (Å²) in [4.78, 5) is 0. The minimum absolute atomic E-state index is 0.115. The van der Waals surface area contributed by atoms with Crippen LogP contribution in [0.25, 0.3) is 0 Å². The molecule has 1 fully saturated rings. The normalized spacial score (nSPS) is 26.9. The molecule has 3 nitrogen and oxygen atoms in total. The van der Waals surface area contributed by atoms with Gasteiger partial charge < -0.3 is 14.6 Å². The van der Waals surface area contributed by atoms with Crippen molar-refractivity contribution in [1.82, 2.24) is 0 Å². The average molecular weight is 304 g/mol. The van der Waals surface area contributed by atoms with Gasteiger partial charge in [0.1, 0.15) is 5.75 Å². The van der Waals surface area contributed by atoms with Gasteiger partial charge in [-0.15, -0.1) is 13.2 Å². The van der Waals surface area contributed by atoms with Crippen LogP contribution in [0.4, 0.5) is 13.2 Å². The Bertz CT molecular complexity index is 487. The third kappa shape index (κ3) is 4.11. The van der Waals surface area contributed by atoms with Crippen molar-refractivity contribution in [2.45, 2.75) is 44.8 Å². The summed E-state index contributed by atoms with van der Waals surface area (Å²) < 4.78 is 46.3. The van der Waals surface area contributed by atoms with E-state index in [1.54, 1.807) is 6.07 Å². The van der Waals surface area contributed by atoms with Crippen LogP contribution in [0.3, 0.4) is 0 Å². The van der Waals surface area contributed by atoms with Gasteiger partial charge in [0, 0.05) is 12.8 Å². The molecule has 0 spiro atoms. The molecule has 0 aromatic heterocycles. The van der Waals surface area contributed by atoms with E-state index in [0.29, 0.717) is 25.0 Å². The molecule has 0 amide bonds. The van der Waals surface area contributed by atoms with Gasteiger partial charge in [0.2, 0.25) is 0 Å². The third-order valence-electron chi connectivity index (χ3n) is 3.73. The molecule has 118 valence electrons. The van der Waals surface area contributed by atoms with Crippen molar-refractivity contribution in [2.75, 3.05) is 6.61 Å². The predicted octanol–water partition coefficient (Wildman–Crippen LogP) is 3.61. The molecule has 1 aliphatic heterocycles. The lowest BCUT2D eigenvalue weighted by Gasteiger charge is -2.39. The van der Waals surface area contributed by atoms with Crippen molar-refractivity contribution in [3.8, 4) is 5.75 Å². The van der Waals surface area contributed by atoms with Crippen molar-refractivity contribution >= 4 is 0 Å². The fourth-order valence-electron chi connectivity index (χ4n) is 2.55. The zero-order valence-corrected chi connectivity index (χ0v) is 12.0. The maximum absolute atomic E-state index is 12.3. The van der Waals surface area contributed by atoms with E-state index in [0.717, 1.165) is 0 Å². The molecule has 6 heteroatoms. The van der Waals surface area contributed by atoms with E-state index in [-0.39, 0.29) is 17.8 Å². The molecule has 2 rings (SSSR count). The van der Waals surface area contributed by atoms with Crippen molar-refractivity contribution in [3.63, 3.8) is 0 Å². The Labute approximate surface area is 121 Å². The first kappa shape index (κ1) is 16.1. The second-order valence-corrected chi connectivity index (χ2v) is 5.71. The Morgan fingerprint density at radius 2 is 2.10 bits per heavy atom. The van der Waals surface area contributed by atoms with Gasteiger partial charge in [-0.05, 0) is 23.6 Å². The first-order valence-corrected chi connectivity index (χ1v) is 6.90. The number of hydrogen-bond acceptors (Lipinski definition) is 3. The smallest absolute Gasteiger partial charge is 0.406 e. The molecule has 1 aromatic rings. The molecule has 2 atom stereocenters. The zero-order valence-electron chi connectivity index (χ0n) is 12.0. The zero-order chi connectivity index (χ0) is 15.7. The van der Waals surface area contributed by atoms with Crippen LogP contribution in [0.15, 0.2) is 24.3 Å². The molecular weight excluding hydrogens is 285 g/mol. The molecule has 0 saturated carbocycles. The van der Waals surface area contributed by atoms with E-state index in [4.69, 9.17) is 4.74 Å². The SMILES string of the molecule is CC(C)C1CC(O)(c2cccc(OC(F)(F)F)c2)CCO1. The average Bonchev–Trinajstić information content (AvgIpc) is 2.37. The monoisotopic (exact) mass is 304 g/mol. The van der Waals surface area contributed by atoms with Crippen LogP contribution in [0.5, 0.6) is 5.75 Å². The van der Waals surface area contributed by atoms with E-state index in [1.165, 1.54) is 18.2 Å². The van der Waals surface area contributed by atoms with Gasteiger partial charge in [0.15, 0.2) is 0 Å². The van der Waals surface area contributed by atoms with Crippen LogP contribution >= 0.6 is 0 Å². The van der Waals surface area contributed by atoms with E-state index in [1.807, 2.05) is 13.8 Å². The largest absolute Gasteiger partial charge is 0.573 e. The van der Waals surface area contributed by atoms with Crippen molar-refractivity contribution in [3.05, 3.63) is 29.8 Å². The number of rotatable bonds is 3. The predicted molar refractivity (Wildman–Crippen MR) is 70.8 cm³/mol. The quantitative estimate of drug-likeness (QED) is 0.927. The molecule has 1 aromatic carbocycles. The van der Waals surface area contributed by atoms with Gasteiger partial charge in [0.05, 0.1) is 18.3 Å². The van der Waals surface area contributed by atoms with Crippen LogP contribution in [0.1, 0.15) is 32.3 Å². The highest BCUT2D eigenvalue weighted by atomic mass is 19.4. The van der Waals surface area contributed by atoms with Crippen molar-refractivity contribution in [1.29, 1.82) is 0 Å². The van der Waals surface area contributed by atoms with Crippen LogP contribution in [-0.4, -0.2) is 24.2 Å². The highest BCUT2D eigenvalue weighted by molar-refractivity contribution is 5.33. The van der Waals surface area contributed by atoms with Gasteiger partial charge in [0.25, 0.3) is 0 Å². The van der Waals surface area contributed by atoms with E-state index >= 15 is 0 Å². The Kier molecular flexibility index (Phi) is 4.49. The summed E-state index contributed by atoms with van der Waals surface area (Å²) in [6, 6.07) is 5.54. The van der Waals surface area contributed by atoms with E-state index < -0.39 is 12.0 Å². The number of alkyl halides is 3. The molecule has 2 unspecified atom stereocenters. The molecule has 1 N–H and O–H groups in total. The van der Waals surface area contributed by atoms with Gasteiger partial charge in [-0.1, -0.05) is 26.0 Å². The molecule has 21 heavy (non-hydrogen) atoms. The number of ether oxygens (including phenoxy) is 2. The first-order valence-electron chi connectivity index (χ1n) is 6.90. The topological polar surface area (TPSA) is 38.7 Å². The summed E-state index contributed by atoms with van der Waals surface area (Å²) in [5.74, 6) is -0.0903. The molecule has 1 aliphatic rings. The lowest BCUT2D eigenvalue weighted by atomic mass is 9.81. The third-order valence-corrected chi connectivity index (χ3v) is 3.73. The van der Waals surface area contributed by atoms with Gasteiger partial charge in [-0.3, -0.25) is 0 Å². The van der Waals surface area contributed by atoms with Crippen LogP contribution in [0.2, 0.25) is 0 Å². The Morgan fingerprint density at radius 1 is 1.38 bits per heavy atom. The summed E-state index contributed by atoms with van der Waals surface area (Å²) in [5.41, 5.74) is -0.753.